The highest BCUT2D eigenvalue weighted by Gasteiger charge is 2.19. The molecule has 2 rings (SSSR count). The molecule has 1 aliphatic rings. The number of allylic oxidation sites excluding steroid dienone is 21. The number of hydrogen-bond donors (Lipinski definition) is 1. The lowest BCUT2D eigenvalue weighted by atomic mass is 10.0. The van der Waals surface area contributed by atoms with Gasteiger partial charge in [0.15, 0.2) is 0 Å². The van der Waals surface area contributed by atoms with Gasteiger partial charge in [-0.3, -0.25) is 0 Å². The zero-order valence-electron chi connectivity index (χ0n) is 24.5. The lowest BCUT2D eigenvalue weighted by Gasteiger charge is -2.03. The van der Waals surface area contributed by atoms with E-state index in [1.165, 1.54) is 27.9 Å². The number of hydrogen-bond acceptors (Lipinski definition) is 1. The molecule has 0 aromatic heterocycles. The lowest BCUT2D eigenvalue weighted by Crippen LogP contribution is -2.01. The van der Waals surface area contributed by atoms with E-state index >= 15 is 0 Å². The summed E-state index contributed by atoms with van der Waals surface area (Å²) in [5.74, 6) is 6.02. The van der Waals surface area contributed by atoms with Gasteiger partial charge in [0.05, 0.1) is 0 Å². The van der Waals surface area contributed by atoms with Gasteiger partial charge < -0.3 is 5.32 Å². The summed E-state index contributed by atoms with van der Waals surface area (Å²) in [6.07, 6.45) is 38.2. The highest BCUT2D eigenvalue weighted by atomic mass is 14.8. The van der Waals surface area contributed by atoms with Crippen molar-refractivity contribution in [3.05, 3.63) is 179 Å². The minimum Gasteiger partial charge on any atom is -0.362 e. The summed E-state index contributed by atoms with van der Waals surface area (Å²) < 4.78 is 0. The Morgan fingerprint density at radius 1 is 0.950 bits per heavy atom. The summed E-state index contributed by atoms with van der Waals surface area (Å²) in [4.78, 5) is 0. The van der Waals surface area contributed by atoms with Gasteiger partial charge in [0, 0.05) is 11.9 Å². The van der Waals surface area contributed by atoms with E-state index in [2.05, 4.69) is 134 Å². The van der Waals surface area contributed by atoms with Crippen molar-refractivity contribution in [2.45, 2.75) is 47.0 Å². The zero-order chi connectivity index (χ0) is 28.8. The maximum Gasteiger partial charge on any atom is 0.0376 e. The van der Waals surface area contributed by atoms with Crippen LogP contribution in [0.15, 0.2) is 174 Å². The van der Waals surface area contributed by atoms with Gasteiger partial charge >= 0.3 is 0 Å². The van der Waals surface area contributed by atoms with Gasteiger partial charge in [-0.2, -0.15) is 0 Å². The second kappa shape index (κ2) is 19.5. The molecule has 0 radical (unpaired) electrons. The van der Waals surface area contributed by atoms with Gasteiger partial charge in [-0.25, -0.2) is 0 Å². The molecule has 1 N–H and O–H groups in total. The molecular weight excluding hydrogens is 482 g/mol. The van der Waals surface area contributed by atoms with Crippen molar-refractivity contribution >= 4 is 0 Å². The molecule has 1 heteroatoms. The minimum absolute atomic E-state index is 0.897. The van der Waals surface area contributed by atoms with Crippen LogP contribution in [0.5, 0.6) is 0 Å². The van der Waals surface area contributed by atoms with E-state index in [1.807, 2.05) is 51.3 Å². The molecule has 1 nitrogen and oxygen atoms in total. The number of aryl methyl sites for hydroxylation is 1. The minimum atomic E-state index is 0.897. The van der Waals surface area contributed by atoms with Crippen molar-refractivity contribution in [3.63, 3.8) is 0 Å². The Labute approximate surface area is 243 Å². The molecule has 1 aliphatic carbocycles. The fraction of sp³-hybridized carbons (Fsp3) is 0.179. The summed E-state index contributed by atoms with van der Waals surface area (Å²) in [6, 6.07) is 10.6. The quantitative estimate of drug-likeness (QED) is 0.199. The first-order valence-electron chi connectivity index (χ1n) is 13.9. The molecule has 0 atom stereocenters. The predicted octanol–water partition coefficient (Wildman–Crippen LogP) is 10.1. The molecule has 0 amide bonds. The first-order valence-corrected chi connectivity index (χ1v) is 13.9. The maximum absolute atomic E-state index is 4.05. The van der Waals surface area contributed by atoms with E-state index in [-0.39, 0.29) is 0 Å². The Morgan fingerprint density at radius 3 is 2.48 bits per heavy atom. The largest absolute Gasteiger partial charge is 0.362 e. The second-order valence-electron chi connectivity index (χ2n) is 9.07. The Morgan fingerprint density at radius 2 is 1.77 bits per heavy atom. The van der Waals surface area contributed by atoms with Crippen molar-refractivity contribution in [2.24, 2.45) is 0 Å². The first kappa shape index (κ1) is 31.7. The van der Waals surface area contributed by atoms with Crippen LogP contribution in [0.3, 0.4) is 0 Å². The van der Waals surface area contributed by atoms with Gasteiger partial charge in [-0.15, -0.1) is 5.92 Å². The topological polar surface area (TPSA) is 12.0 Å². The van der Waals surface area contributed by atoms with E-state index in [4.69, 9.17) is 0 Å². The van der Waals surface area contributed by atoms with Crippen LogP contribution in [-0.4, -0.2) is 0 Å². The van der Waals surface area contributed by atoms with Gasteiger partial charge in [0.2, 0.25) is 0 Å². The highest BCUT2D eigenvalue weighted by Crippen LogP contribution is 2.37. The van der Waals surface area contributed by atoms with Crippen LogP contribution < -0.4 is 5.32 Å². The fourth-order valence-electron chi connectivity index (χ4n) is 4.19. The zero-order valence-corrected chi connectivity index (χ0v) is 24.5. The van der Waals surface area contributed by atoms with E-state index in [9.17, 15) is 0 Å². The molecule has 1 aromatic carbocycles. The average Bonchev–Trinajstić information content (AvgIpc) is 3.30. The van der Waals surface area contributed by atoms with Crippen LogP contribution in [0.25, 0.3) is 0 Å². The van der Waals surface area contributed by atoms with E-state index in [0.29, 0.717) is 0 Å². The van der Waals surface area contributed by atoms with Crippen LogP contribution in [-0.2, 0) is 6.42 Å². The van der Waals surface area contributed by atoms with E-state index < -0.39 is 0 Å². The molecule has 0 unspecified atom stereocenters. The number of rotatable bonds is 13. The Balaban J connectivity index is 2.10. The molecule has 204 valence electrons. The summed E-state index contributed by atoms with van der Waals surface area (Å²) in [6.45, 7) is 12.0. The van der Waals surface area contributed by atoms with Crippen molar-refractivity contribution in [2.75, 3.05) is 0 Å². The van der Waals surface area contributed by atoms with Crippen molar-refractivity contribution in [1.29, 1.82) is 0 Å². The predicted molar refractivity (Wildman–Crippen MR) is 177 cm³/mol. The Bertz CT molecular complexity index is 1360. The molecule has 0 fully saturated rings. The van der Waals surface area contributed by atoms with Gasteiger partial charge in [0.1, 0.15) is 0 Å². The number of nitrogens with one attached hydrogen (secondary N) is 1. The summed E-state index contributed by atoms with van der Waals surface area (Å²) in [7, 11) is 0. The first-order chi connectivity index (χ1) is 19.7. The third kappa shape index (κ3) is 11.5. The smallest absolute Gasteiger partial charge is 0.0376 e. The molecule has 1 aromatic rings. The molecule has 40 heavy (non-hydrogen) atoms. The summed E-state index contributed by atoms with van der Waals surface area (Å²) >= 11 is 0. The highest BCUT2D eigenvalue weighted by molar-refractivity contribution is 5.64. The van der Waals surface area contributed by atoms with Crippen LogP contribution in [0, 0.1) is 11.8 Å². The van der Waals surface area contributed by atoms with Crippen LogP contribution in [0.2, 0.25) is 0 Å². The molecule has 0 spiro atoms. The number of benzene rings is 1. The van der Waals surface area contributed by atoms with Crippen LogP contribution in [0.4, 0.5) is 0 Å². The Kier molecular flexibility index (Phi) is 15.5. The molecule has 0 saturated carbocycles. The Hall–Kier alpha value is -4.54. The normalized spacial score (nSPS) is 17.2. The molecule has 0 saturated heterocycles. The molecule has 0 aliphatic heterocycles. The van der Waals surface area contributed by atoms with Crippen molar-refractivity contribution in [1.82, 2.24) is 5.32 Å². The molecular formula is C39H43N. The van der Waals surface area contributed by atoms with E-state index in [0.717, 1.165) is 30.5 Å². The SMILES string of the molecule is C=CC1=C(/C=C\C)CC(=C/C=C/NC(/C=C\C)=C/C=C/C(/C=C\CCc2ccccc2)=C/C#CC)/C1=C\C=C/C. The van der Waals surface area contributed by atoms with Gasteiger partial charge in [-0.1, -0.05) is 116 Å². The fourth-order valence-corrected chi connectivity index (χ4v) is 4.19. The molecule has 0 bridgehead atoms. The lowest BCUT2D eigenvalue weighted by molar-refractivity contribution is 1.00. The maximum atomic E-state index is 4.05. The van der Waals surface area contributed by atoms with Crippen LogP contribution in [0.1, 0.15) is 46.1 Å². The third-order valence-corrected chi connectivity index (χ3v) is 6.08. The summed E-state index contributed by atoms with van der Waals surface area (Å²) in [5, 5.41) is 3.40. The van der Waals surface area contributed by atoms with Crippen molar-refractivity contribution in [3.8, 4) is 11.8 Å². The van der Waals surface area contributed by atoms with Crippen LogP contribution >= 0.6 is 0 Å². The summed E-state index contributed by atoms with van der Waals surface area (Å²) in [5.41, 5.74) is 8.43. The molecule has 0 heterocycles. The average molecular weight is 526 g/mol. The van der Waals surface area contributed by atoms with E-state index in [1.54, 1.807) is 0 Å². The monoisotopic (exact) mass is 525 g/mol. The standard InChI is InChI=1S/C39H43N/c1-6-11-22-33(25-16-17-26-34-23-14-13-15-24-34)27-18-29-37(21-9-4)40-31-19-28-36-32-35(20-8-3)38(10-5)39(36)30-12-7-2/h7-10,12-16,18-25,27-31,40H,5,17,26,32H2,1-4H3/b12-7-,20-8-,21-9-,25-16-,27-18+,31-19+,33-22+,36-28-,37-29+,39-30+. The third-order valence-electron chi connectivity index (χ3n) is 6.08. The van der Waals surface area contributed by atoms with Crippen molar-refractivity contribution < 1.29 is 0 Å². The van der Waals surface area contributed by atoms with Gasteiger partial charge in [0.25, 0.3) is 0 Å². The van der Waals surface area contributed by atoms with Gasteiger partial charge in [-0.05, 0) is 105 Å². The second-order valence-corrected chi connectivity index (χ2v) is 9.07.